The largest absolute Gasteiger partial charge is 0.445 e. The molecule has 3 saturated heterocycles. The highest BCUT2D eigenvalue weighted by Crippen LogP contribution is 2.53. The molecule has 6 atom stereocenters. The first-order valence-electron chi connectivity index (χ1n) is 17.2. The number of likely N-dealkylation sites (N-methyl/N-ethyl adjacent to an activating group) is 1. The van der Waals surface area contributed by atoms with Gasteiger partial charge in [0.1, 0.15) is 36.3 Å². The molecule has 11 nitrogen and oxygen atoms in total. The van der Waals surface area contributed by atoms with Crippen LogP contribution in [0.25, 0.3) is 0 Å². The van der Waals surface area contributed by atoms with Gasteiger partial charge in [-0.25, -0.2) is 24.0 Å². The van der Waals surface area contributed by atoms with Crippen LogP contribution in [-0.4, -0.2) is 108 Å². The van der Waals surface area contributed by atoms with Crippen molar-refractivity contribution in [2.45, 2.75) is 55.3 Å². The highest BCUT2D eigenvalue weighted by atomic mass is 19.1. The number of carbonyl (C=O) groups excluding carboxylic acids is 3. The second-order valence-electron chi connectivity index (χ2n) is 13.3. The summed E-state index contributed by atoms with van der Waals surface area (Å²) in [6.45, 7) is 5.32. The summed E-state index contributed by atoms with van der Waals surface area (Å²) in [6, 6.07) is 15.7. The highest BCUT2D eigenvalue weighted by molar-refractivity contribution is 5.83. The zero-order chi connectivity index (χ0) is 34.8. The average Bonchev–Trinajstić information content (AvgIpc) is 3.19. The first kappa shape index (κ1) is 33.7. The molecule has 5 aliphatic rings. The summed E-state index contributed by atoms with van der Waals surface area (Å²) in [5.74, 6) is -0.398. The van der Waals surface area contributed by atoms with Crippen LogP contribution in [0.3, 0.4) is 0 Å². The maximum Gasteiger partial charge on any atom is 0.407 e. The van der Waals surface area contributed by atoms with Crippen LogP contribution in [0.4, 0.5) is 14.0 Å². The van der Waals surface area contributed by atoms with Crippen molar-refractivity contribution in [1.82, 2.24) is 30.5 Å². The number of fused-ring (bicyclic) bond motifs is 2. The molecule has 3 bridgehead atoms. The van der Waals surface area contributed by atoms with Crippen LogP contribution in [0.5, 0.6) is 0 Å². The molecule has 0 aliphatic carbocycles. The fourth-order valence-electron chi connectivity index (χ4n) is 8.31. The van der Waals surface area contributed by atoms with Crippen LogP contribution in [-0.2, 0) is 20.8 Å². The molecule has 0 aromatic heterocycles. The van der Waals surface area contributed by atoms with Crippen LogP contribution in [0.15, 0.2) is 103 Å². The van der Waals surface area contributed by atoms with Gasteiger partial charge in [0.25, 0.3) is 0 Å². The van der Waals surface area contributed by atoms with Gasteiger partial charge in [0, 0.05) is 39.1 Å². The maximum atomic E-state index is 14.2. The monoisotopic (exact) mass is 682 g/mol. The number of alkyl carbamates (subject to hydrolysis) is 1. The normalized spacial score (nSPS) is 29.8. The van der Waals surface area contributed by atoms with Crippen molar-refractivity contribution in [3.63, 3.8) is 0 Å². The van der Waals surface area contributed by atoms with E-state index in [1.54, 1.807) is 29.2 Å². The van der Waals surface area contributed by atoms with Crippen LogP contribution in [0.2, 0.25) is 0 Å². The Labute approximate surface area is 291 Å². The van der Waals surface area contributed by atoms with E-state index in [1.165, 1.54) is 23.8 Å². The van der Waals surface area contributed by atoms with Crippen molar-refractivity contribution in [3.8, 4) is 0 Å². The van der Waals surface area contributed by atoms with Gasteiger partial charge >= 0.3 is 12.1 Å². The number of rotatable bonds is 9. The molecule has 50 heavy (non-hydrogen) atoms. The number of amides is 4. The van der Waals surface area contributed by atoms with Crippen molar-refractivity contribution in [2.24, 2.45) is 0 Å². The quantitative estimate of drug-likeness (QED) is 0.303. The Kier molecular flexibility index (Phi) is 9.58. The number of nitrogens with zero attached hydrogens (tertiary/aromatic N) is 4. The van der Waals surface area contributed by atoms with E-state index in [4.69, 9.17) is 9.47 Å². The van der Waals surface area contributed by atoms with Gasteiger partial charge in [0.05, 0.1) is 12.6 Å². The van der Waals surface area contributed by atoms with E-state index in [2.05, 4.69) is 58.5 Å². The van der Waals surface area contributed by atoms with Crippen molar-refractivity contribution >= 4 is 18.0 Å². The molecule has 2 aromatic rings. The number of allylic oxidation sites excluding steroid dienone is 3. The molecular formula is C38H43FN6O5. The lowest BCUT2D eigenvalue weighted by Crippen LogP contribution is -2.88. The van der Waals surface area contributed by atoms with E-state index in [0.29, 0.717) is 32.5 Å². The molecule has 7 rings (SSSR count). The Morgan fingerprint density at radius 3 is 2.66 bits per heavy atom. The number of nitrogens with one attached hydrogen (secondary N) is 2. The van der Waals surface area contributed by atoms with E-state index in [1.807, 2.05) is 29.2 Å². The van der Waals surface area contributed by atoms with Crippen molar-refractivity contribution in [1.29, 1.82) is 0 Å². The third-order valence-electron chi connectivity index (χ3n) is 10.5. The molecule has 262 valence electrons. The first-order valence-corrected chi connectivity index (χ1v) is 17.2. The molecule has 1 spiro atoms. The van der Waals surface area contributed by atoms with Gasteiger partial charge < -0.3 is 25.0 Å². The lowest BCUT2D eigenvalue weighted by atomic mass is 9.68. The standard InChI is InChI=1S/C38H43FN6O5/c1-3-20-49-37(48)40-19-9-13-31-38-32-14-8-7-12-28(21-33(38)50-32)30(27-10-5-4-6-11-27)23-43(38)24-34-44(31)35(46)25-42(2)45(34)36(47)41-22-26-15-17-29(39)18-16-26/h3-8,10-12,14-18,21,30-34H,1,9,13,19-20,22-25H2,2H3,(H,40,48)(H,41,47)/b12-7-,14-8-/t30?,31-,32?,33?,34-,38?/m0/s1. The van der Waals surface area contributed by atoms with E-state index in [9.17, 15) is 18.8 Å². The van der Waals surface area contributed by atoms with Gasteiger partial charge in [0.15, 0.2) is 0 Å². The summed E-state index contributed by atoms with van der Waals surface area (Å²) >= 11 is 0. The van der Waals surface area contributed by atoms with E-state index in [-0.39, 0.29) is 61.6 Å². The molecule has 0 saturated carbocycles. The number of benzene rings is 2. The maximum absolute atomic E-state index is 14.2. The molecule has 5 heterocycles. The molecule has 5 aliphatic heterocycles. The molecular weight excluding hydrogens is 639 g/mol. The number of piperazine rings is 1. The Balaban J connectivity index is 1.25. The Morgan fingerprint density at radius 2 is 1.88 bits per heavy atom. The van der Waals surface area contributed by atoms with Crippen molar-refractivity contribution in [3.05, 3.63) is 120 Å². The zero-order valence-electron chi connectivity index (χ0n) is 28.1. The van der Waals surface area contributed by atoms with Crippen LogP contribution in [0, 0.1) is 5.82 Å². The van der Waals surface area contributed by atoms with Crippen LogP contribution < -0.4 is 10.6 Å². The minimum Gasteiger partial charge on any atom is -0.445 e. The topological polar surface area (TPSA) is 107 Å². The second kappa shape index (κ2) is 14.2. The van der Waals surface area contributed by atoms with Crippen LogP contribution in [0.1, 0.15) is 29.9 Å². The lowest BCUT2D eigenvalue weighted by Gasteiger charge is -2.69. The Morgan fingerprint density at radius 1 is 1.08 bits per heavy atom. The number of hydrazine groups is 1. The number of carbonyl (C=O) groups is 3. The van der Waals surface area contributed by atoms with Gasteiger partial charge in [-0.1, -0.05) is 79.4 Å². The predicted octanol–water partition coefficient (Wildman–Crippen LogP) is 4.09. The third kappa shape index (κ3) is 6.12. The predicted molar refractivity (Wildman–Crippen MR) is 185 cm³/mol. The third-order valence-corrected chi connectivity index (χ3v) is 10.5. The van der Waals surface area contributed by atoms with E-state index >= 15 is 0 Å². The SMILES string of the molecule is C=CCOC(=O)NCCC[C@@H]1N2C(=O)CN(C)N(C(=O)NCc3ccc(F)cc3)[C@H]2CN2CC(c3ccccc3)C3=CC4OC(/C=C\C=C/3)C412. The molecule has 4 unspecified atom stereocenters. The summed E-state index contributed by atoms with van der Waals surface area (Å²) in [5, 5.41) is 9.16. The van der Waals surface area contributed by atoms with Gasteiger partial charge in [-0.05, 0) is 47.8 Å². The molecule has 4 amide bonds. The zero-order valence-corrected chi connectivity index (χ0v) is 28.1. The minimum atomic E-state index is -0.613. The summed E-state index contributed by atoms with van der Waals surface area (Å²) < 4.78 is 25.3. The molecule has 3 fully saturated rings. The van der Waals surface area contributed by atoms with Gasteiger partial charge in [-0.15, -0.1) is 0 Å². The summed E-state index contributed by atoms with van der Waals surface area (Å²) in [6.07, 6.45) is 11.4. The van der Waals surface area contributed by atoms with E-state index < -0.39 is 17.8 Å². The van der Waals surface area contributed by atoms with Crippen molar-refractivity contribution < 1.29 is 28.2 Å². The number of hydrogen-bond donors (Lipinski definition) is 2. The highest BCUT2D eigenvalue weighted by Gasteiger charge is 2.69. The van der Waals surface area contributed by atoms with Crippen molar-refractivity contribution in [2.75, 3.05) is 39.8 Å². The molecule has 2 N–H and O–H groups in total. The number of urea groups is 1. The molecule has 2 aromatic carbocycles. The van der Waals surface area contributed by atoms with Gasteiger partial charge in [0.2, 0.25) is 5.91 Å². The first-order chi connectivity index (χ1) is 24.3. The Hall–Kier alpha value is -4.78. The number of ether oxygens (including phenoxy) is 2. The average molecular weight is 683 g/mol. The molecule has 0 radical (unpaired) electrons. The minimum absolute atomic E-state index is 0.0144. The Bertz CT molecular complexity index is 1700. The number of halogens is 1. The summed E-state index contributed by atoms with van der Waals surface area (Å²) in [4.78, 5) is 44.9. The fraction of sp³-hybridized carbons (Fsp3) is 0.395. The molecule has 12 heteroatoms. The number of hydrogen-bond acceptors (Lipinski definition) is 7. The lowest BCUT2D eigenvalue weighted by molar-refractivity contribution is -0.285. The fourth-order valence-corrected chi connectivity index (χ4v) is 8.31. The van der Waals surface area contributed by atoms with Gasteiger partial charge in [-0.3, -0.25) is 9.69 Å². The summed E-state index contributed by atoms with van der Waals surface area (Å²) in [7, 11) is 1.75. The van der Waals surface area contributed by atoms with Gasteiger partial charge in [-0.2, -0.15) is 0 Å². The smallest absolute Gasteiger partial charge is 0.407 e. The summed E-state index contributed by atoms with van der Waals surface area (Å²) in [5.41, 5.74) is 2.46. The van der Waals surface area contributed by atoms with Crippen LogP contribution >= 0.6 is 0 Å². The van der Waals surface area contributed by atoms with E-state index in [0.717, 1.165) is 11.1 Å². The second-order valence-corrected chi connectivity index (χ2v) is 13.3.